The van der Waals surface area contributed by atoms with Gasteiger partial charge in [-0.15, -0.1) is 0 Å². The van der Waals surface area contributed by atoms with Crippen LogP contribution >= 0.6 is 0 Å². The average molecular weight is 218 g/mol. The summed E-state index contributed by atoms with van der Waals surface area (Å²) >= 11 is 0. The van der Waals surface area contributed by atoms with Crippen molar-refractivity contribution in [2.24, 2.45) is 0 Å². The van der Waals surface area contributed by atoms with E-state index in [1.54, 1.807) is 24.3 Å². The number of nitrogens with zero attached hydrogens (tertiary/aromatic N) is 2. The maximum absolute atomic E-state index is 11.9. The molecule has 1 atom stereocenters. The third-order valence-corrected chi connectivity index (χ3v) is 2.46. The third kappa shape index (κ3) is 1.56. The number of aromatic nitrogens is 2. The molecule has 0 saturated carbocycles. The van der Waals surface area contributed by atoms with Crippen LogP contribution in [0.3, 0.4) is 0 Å². The molecule has 0 spiro atoms. The van der Waals surface area contributed by atoms with Gasteiger partial charge in [0.05, 0.1) is 17.2 Å². The fourth-order valence-electron chi connectivity index (χ4n) is 1.48. The Morgan fingerprint density at radius 3 is 2.81 bits per heavy atom. The van der Waals surface area contributed by atoms with Gasteiger partial charge in [-0.1, -0.05) is 12.1 Å². The minimum Gasteiger partial charge on any atom is -0.480 e. The summed E-state index contributed by atoms with van der Waals surface area (Å²) in [5.74, 6) is -1.06. The molecule has 0 amide bonds. The molecule has 0 saturated heterocycles. The zero-order chi connectivity index (χ0) is 11.7. The number of carboxylic acids is 1. The Morgan fingerprint density at radius 1 is 1.44 bits per heavy atom. The predicted octanol–water partition coefficient (Wildman–Crippen LogP) is 1.04. The van der Waals surface area contributed by atoms with Crippen molar-refractivity contribution >= 4 is 16.9 Å². The molecule has 5 nitrogen and oxygen atoms in total. The zero-order valence-electron chi connectivity index (χ0n) is 8.62. The highest BCUT2D eigenvalue weighted by molar-refractivity contribution is 5.78. The summed E-state index contributed by atoms with van der Waals surface area (Å²) in [6, 6.07) is 5.94. The van der Waals surface area contributed by atoms with Crippen molar-refractivity contribution in [3.05, 3.63) is 40.9 Å². The number of fused-ring (bicyclic) bond motifs is 1. The normalized spacial score (nSPS) is 12.6. The van der Waals surface area contributed by atoms with Gasteiger partial charge < -0.3 is 5.11 Å². The second-order valence-electron chi connectivity index (χ2n) is 3.49. The Labute approximate surface area is 91.0 Å². The molecule has 0 fully saturated rings. The SMILES string of the molecule is CC(C(=O)O)n1cnc2ccccc2c1=O. The maximum Gasteiger partial charge on any atom is 0.326 e. The first kappa shape index (κ1) is 10.4. The monoisotopic (exact) mass is 218 g/mol. The van der Waals surface area contributed by atoms with Crippen molar-refractivity contribution in [1.82, 2.24) is 9.55 Å². The molecule has 82 valence electrons. The van der Waals surface area contributed by atoms with Gasteiger partial charge in [0.2, 0.25) is 0 Å². The lowest BCUT2D eigenvalue weighted by atomic mass is 10.2. The minimum atomic E-state index is -1.06. The second kappa shape index (κ2) is 3.77. The van der Waals surface area contributed by atoms with E-state index in [4.69, 9.17) is 5.11 Å². The fraction of sp³-hybridized carbons (Fsp3) is 0.182. The van der Waals surface area contributed by atoms with E-state index in [-0.39, 0.29) is 5.56 Å². The second-order valence-corrected chi connectivity index (χ2v) is 3.49. The Kier molecular flexibility index (Phi) is 2.44. The van der Waals surface area contributed by atoms with E-state index >= 15 is 0 Å². The van der Waals surface area contributed by atoms with Gasteiger partial charge in [0.15, 0.2) is 0 Å². The van der Waals surface area contributed by atoms with E-state index in [0.717, 1.165) is 4.57 Å². The smallest absolute Gasteiger partial charge is 0.326 e. The fourth-order valence-corrected chi connectivity index (χ4v) is 1.48. The number of benzene rings is 1. The van der Waals surface area contributed by atoms with Crippen LogP contribution in [0, 0.1) is 0 Å². The number of para-hydroxylation sites is 1. The lowest BCUT2D eigenvalue weighted by molar-refractivity contribution is -0.140. The molecule has 2 rings (SSSR count). The Morgan fingerprint density at radius 2 is 2.12 bits per heavy atom. The van der Waals surface area contributed by atoms with Crippen molar-refractivity contribution in [3.8, 4) is 0 Å². The number of rotatable bonds is 2. The molecule has 16 heavy (non-hydrogen) atoms. The summed E-state index contributed by atoms with van der Waals surface area (Å²) in [4.78, 5) is 26.8. The van der Waals surface area contributed by atoms with Crippen LogP contribution in [-0.2, 0) is 4.79 Å². The van der Waals surface area contributed by atoms with Gasteiger partial charge in [-0.25, -0.2) is 9.78 Å². The molecular formula is C11H10N2O3. The molecule has 2 aromatic rings. The summed E-state index contributed by atoms with van der Waals surface area (Å²) in [6.07, 6.45) is 1.27. The van der Waals surface area contributed by atoms with Crippen molar-refractivity contribution < 1.29 is 9.90 Å². The summed E-state index contributed by atoms with van der Waals surface area (Å²) in [5.41, 5.74) is 0.238. The van der Waals surface area contributed by atoms with Gasteiger partial charge in [0.1, 0.15) is 6.04 Å². The first-order valence-electron chi connectivity index (χ1n) is 4.80. The van der Waals surface area contributed by atoms with Gasteiger partial charge in [0, 0.05) is 0 Å². The predicted molar refractivity (Wildman–Crippen MR) is 58.3 cm³/mol. The zero-order valence-corrected chi connectivity index (χ0v) is 8.62. The lowest BCUT2D eigenvalue weighted by Crippen LogP contribution is -2.28. The van der Waals surface area contributed by atoms with Crippen LogP contribution in [0.15, 0.2) is 35.4 Å². The average Bonchev–Trinajstić information content (AvgIpc) is 2.29. The summed E-state index contributed by atoms with van der Waals surface area (Å²) in [5, 5.41) is 9.27. The molecule has 0 bridgehead atoms. The number of hydrogen-bond acceptors (Lipinski definition) is 3. The first-order chi connectivity index (χ1) is 7.61. The largest absolute Gasteiger partial charge is 0.480 e. The highest BCUT2D eigenvalue weighted by Gasteiger charge is 2.15. The van der Waals surface area contributed by atoms with Crippen LogP contribution in [0.1, 0.15) is 13.0 Å². The van der Waals surface area contributed by atoms with Crippen LogP contribution in [0.5, 0.6) is 0 Å². The highest BCUT2D eigenvalue weighted by atomic mass is 16.4. The Bertz CT molecular complexity index is 603. The molecule has 0 radical (unpaired) electrons. The summed E-state index contributed by atoms with van der Waals surface area (Å²) < 4.78 is 1.12. The minimum absolute atomic E-state index is 0.333. The van der Waals surface area contributed by atoms with Crippen molar-refractivity contribution in [1.29, 1.82) is 0 Å². The van der Waals surface area contributed by atoms with Crippen LogP contribution in [0.25, 0.3) is 10.9 Å². The Hall–Kier alpha value is -2.17. The van der Waals surface area contributed by atoms with Gasteiger partial charge in [-0.05, 0) is 19.1 Å². The van der Waals surface area contributed by atoms with Crippen LogP contribution in [-0.4, -0.2) is 20.6 Å². The standard InChI is InChI=1S/C11H10N2O3/c1-7(11(15)16)13-6-12-9-5-3-2-4-8(9)10(13)14/h2-7H,1H3,(H,15,16). The molecule has 1 heterocycles. The summed E-state index contributed by atoms with van der Waals surface area (Å²) in [7, 11) is 0. The molecular weight excluding hydrogens is 208 g/mol. The van der Waals surface area contributed by atoms with Crippen molar-refractivity contribution in [3.63, 3.8) is 0 Å². The van der Waals surface area contributed by atoms with Crippen LogP contribution in [0.2, 0.25) is 0 Å². The molecule has 5 heteroatoms. The van der Waals surface area contributed by atoms with Gasteiger partial charge in [-0.2, -0.15) is 0 Å². The first-order valence-corrected chi connectivity index (χ1v) is 4.80. The molecule has 0 aliphatic heterocycles. The third-order valence-electron chi connectivity index (χ3n) is 2.46. The van der Waals surface area contributed by atoms with E-state index in [1.165, 1.54) is 13.3 Å². The molecule has 0 aliphatic rings. The van der Waals surface area contributed by atoms with Crippen LogP contribution < -0.4 is 5.56 Å². The van der Waals surface area contributed by atoms with E-state index in [0.29, 0.717) is 10.9 Å². The van der Waals surface area contributed by atoms with Crippen molar-refractivity contribution in [2.45, 2.75) is 13.0 Å². The number of hydrogen-bond donors (Lipinski definition) is 1. The molecule has 1 unspecified atom stereocenters. The highest BCUT2D eigenvalue weighted by Crippen LogP contribution is 2.08. The van der Waals surface area contributed by atoms with Gasteiger partial charge >= 0.3 is 5.97 Å². The van der Waals surface area contributed by atoms with E-state index in [2.05, 4.69) is 4.98 Å². The quantitative estimate of drug-likeness (QED) is 0.817. The summed E-state index contributed by atoms with van der Waals surface area (Å²) in [6.45, 7) is 1.44. The van der Waals surface area contributed by atoms with E-state index in [9.17, 15) is 9.59 Å². The number of carboxylic acid groups (broad SMARTS) is 1. The molecule has 1 aromatic heterocycles. The Balaban J connectivity index is 2.70. The molecule has 1 aromatic carbocycles. The van der Waals surface area contributed by atoms with Gasteiger partial charge in [0.25, 0.3) is 5.56 Å². The lowest BCUT2D eigenvalue weighted by Gasteiger charge is -2.10. The van der Waals surface area contributed by atoms with Crippen molar-refractivity contribution in [2.75, 3.05) is 0 Å². The molecule has 0 aliphatic carbocycles. The van der Waals surface area contributed by atoms with E-state index < -0.39 is 12.0 Å². The van der Waals surface area contributed by atoms with E-state index in [1.807, 2.05) is 0 Å². The molecule has 1 N–H and O–H groups in total. The van der Waals surface area contributed by atoms with Gasteiger partial charge in [-0.3, -0.25) is 9.36 Å². The van der Waals surface area contributed by atoms with Crippen LogP contribution in [0.4, 0.5) is 0 Å². The topological polar surface area (TPSA) is 72.2 Å². The number of aliphatic carboxylic acids is 1. The number of carbonyl (C=O) groups is 1. The maximum atomic E-state index is 11.9.